The van der Waals surface area contributed by atoms with E-state index in [1.165, 1.54) is 0 Å². The first-order valence-electron chi connectivity index (χ1n) is 8.38. The van der Waals surface area contributed by atoms with Crippen LogP contribution in [0, 0.1) is 44.2 Å². The Hall–Kier alpha value is -1.56. The Labute approximate surface area is 184 Å². The number of anilines is 2. The SMILES string of the molecule is Nc1nc(N)c2[c-]cccc2n1.[CH2-]N1CCN(C(=O)OC(C)(C)C)CC1.[U+2]. The number of hydrogen-bond donors (Lipinski definition) is 2. The van der Waals surface area contributed by atoms with E-state index in [9.17, 15) is 4.79 Å². The predicted octanol–water partition coefficient (Wildman–Crippen LogP) is 1.93. The molecule has 0 unspecified atom stereocenters. The van der Waals surface area contributed by atoms with Gasteiger partial charge >= 0.3 is 37.2 Å². The van der Waals surface area contributed by atoms with Crippen molar-refractivity contribution in [2.75, 3.05) is 37.6 Å². The van der Waals surface area contributed by atoms with Gasteiger partial charge in [0.05, 0.1) is 5.82 Å². The van der Waals surface area contributed by atoms with Crippen LogP contribution >= 0.6 is 0 Å². The minimum absolute atomic E-state index is 0. The van der Waals surface area contributed by atoms with E-state index in [-0.39, 0.29) is 43.2 Å². The van der Waals surface area contributed by atoms with Gasteiger partial charge in [0.1, 0.15) is 5.60 Å². The molecule has 0 spiro atoms. The summed E-state index contributed by atoms with van der Waals surface area (Å²) in [5.74, 6) is 0.567. The molecular weight excluding hydrogens is 570 g/mol. The molecule has 1 saturated heterocycles. The van der Waals surface area contributed by atoms with Gasteiger partial charge in [0.2, 0.25) is 5.95 Å². The van der Waals surface area contributed by atoms with Gasteiger partial charge in [0, 0.05) is 13.1 Å². The first-order chi connectivity index (χ1) is 12.2. The molecule has 8 nitrogen and oxygen atoms in total. The fraction of sp³-hybridized carbons (Fsp3) is 0.444. The van der Waals surface area contributed by atoms with Gasteiger partial charge in [-0.3, -0.25) is 12.0 Å². The van der Waals surface area contributed by atoms with E-state index in [4.69, 9.17) is 16.2 Å². The standard InChI is InChI=1S/C10H19N2O2.C8H7N4.U/c1-10(2,3)14-9(13)12-7-5-11(4)6-8-12;9-7-5-3-1-2-4-6(5)11-8(10)12-7;/h4-8H2,1-3H3;1-2,4H,(H4,9,10,11,12);/q2*-1;+2. The molecule has 1 aromatic heterocycles. The number of fused-ring (bicyclic) bond motifs is 1. The molecule has 0 atom stereocenters. The quantitative estimate of drug-likeness (QED) is 0.448. The predicted molar refractivity (Wildman–Crippen MR) is 102 cm³/mol. The minimum Gasteiger partial charge on any atom is -0.456 e. The Balaban J connectivity index is 0.000000262. The van der Waals surface area contributed by atoms with Crippen LogP contribution in [0.15, 0.2) is 18.2 Å². The van der Waals surface area contributed by atoms with Crippen molar-refractivity contribution in [3.05, 3.63) is 31.3 Å². The van der Waals surface area contributed by atoms with Gasteiger partial charge in [-0.2, -0.15) is 0 Å². The van der Waals surface area contributed by atoms with Crippen molar-refractivity contribution in [3.8, 4) is 0 Å². The second-order valence-corrected chi connectivity index (χ2v) is 6.98. The molecule has 1 amide bonds. The number of carbonyl (C=O) groups excluding carboxylic acids is 1. The molecule has 1 fully saturated rings. The van der Waals surface area contributed by atoms with Gasteiger partial charge in [-0.05, 0) is 39.4 Å². The molecule has 0 radical (unpaired) electrons. The molecule has 2 aromatic rings. The number of nitrogens with two attached hydrogens (primary N) is 2. The van der Waals surface area contributed by atoms with Gasteiger partial charge in [0.25, 0.3) is 0 Å². The summed E-state index contributed by atoms with van der Waals surface area (Å²) in [6.45, 7) is 8.68. The Bertz CT molecular complexity index is 757. The van der Waals surface area contributed by atoms with E-state index in [0.717, 1.165) is 18.6 Å². The molecule has 0 saturated carbocycles. The second kappa shape index (κ2) is 10.1. The van der Waals surface area contributed by atoms with E-state index in [2.05, 4.69) is 23.1 Å². The van der Waals surface area contributed by atoms with Gasteiger partial charge < -0.3 is 26.0 Å². The smallest absolute Gasteiger partial charge is 0.456 e. The van der Waals surface area contributed by atoms with Crippen LogP contribution in [0.3, 0.4) is 0 Å². The summed E-state index contributed by atoms with van der Waals surface area (Å²) in [5.41, 5.74) is 11.3. The third kappa shape index (κ3) is 7.53. The third-order valence-corrected chi connectivity index (χ3v) is 3.58. The number of hydrogen-bond acceptors (Lipinski definition) is 7. The number of piperazine rings is 1. The molecule has 0 bridgehead atoms. The monoisotopic (exact) mass is 596 g/mol. The summed E-state index contributed by atoms with van der Waals surface area (Å²) in [6, 6.07) is 8.35. The van der Waals surface area contributed by atoms with Gasteiger partial charge in [-0.25, -0.2) is 9.78 Å². The molecule has 2 heterocycles. The summed E-state index contributed by atoms with van der Waals surface area (Å²) in [7, 11) is 3.82. The van der Waals surface area contributed by atoms with Gasteiger partial charge in [-0.1, -0.05) is 5.39 Å². The van der Waals surface area contributed by atoms with Crippen LogP contribution in [0.5, 0.6) is 0 Å². The Morgan fingerprint density at radius 1 is 1.22 bits per heavy atom. The Morgan fingerprint density at radius 2 is 1.85 bits per heavy atom. The van der Waals surface area contributed by atoms with Crippen molar-refractivity contribution in [1.29, 1.82) is 0 Å². The normalized spacial score (nSPS) is 14.7. The van der Waals surface area contributed by atoms with E-state index < -0.39 is 5.60 Å². The van der Waals surface area contributed by atoms with Crippen molar-refractivity contribution in [1.82, 2.24) is 19.8 Å². The van der Waals surface area contributed by atoms with Gasteiger partial charge in [-0.15, -0.1) is 24.3 Å². The van der Waals surface area contributed by atoms with Crippen LogP contribution in [-0.4, -0.2) is 57.6 Å². The molecule has 4 N–H and O–H groups in total. The Kier molecular flexibility index (Phi) is 8.80. The van der Waals surface area contributed by atoms with Crippen molar-refractivity contribution >= 4 is 28.8 Å². The number of carbonyl (C=O) groups is 1. The Morgan fingerprint density at radius 3 is 2.44 bits per heavy atom. The van der Waals surface area contributed by atoms with Crippen LogP contribution in [-0.2, 0) is 4.74 Å². The number of rotatable bonds is 0. The average molecular weight is 596 g/mol. The van der Waals surface area contributed by atoms with Crippen molar-refractivity contribution in [2.45, 2.75) is 26.4 Å². The van der Waals surface area contributed by atoms with E-state index in [1.807, 2.05) is 37.8 Å². The maximum atomic E-state index is 11.6. The van der Waals surface area contributed by atoms with Crippen molar-refractivity contribution < 1.29 is 40.6 Å². The van der Waals surface area contributed by atoms with Crippen LogP contribution in [0.1, 0.15) is 20.8 Å². The van der Waals surface area contributed by atoms with E-state index >= 15 is 0 Å². The summed E-state index contributed by atoms with van der Waals surface area (Å²) in [4.78, 5) is 23.1. The van der Waals surface area contributed by atoms with Crippen LogP contribution < -0.4 is 11.5 Å². The van der Waals surface area contributed by atoms with Crippen LogP contribution in [0.2, 0.25) is 0 Å². The fourth-order valence-electron chi connectivity index (χ4n) is 2.31. The summed E-state index contributed by atoms with van der Waals surface area (Å²) >= 11 is 0. The summed E-state index contributed by atoms with van der Waals surface area (Å²) < 4.78 is 5.26. The summed E-state index contributed by atoms with van der Waals surface area (Å²) in [6.07, 6.45) is -0.217. The average Bonchev–Trinajstić information content (AvgIpc) is 2.54. The maximum Gasteiger partial charge on any atom is 2.00 e. The number of nitrogen functional groups attached to an aromatic ring is 2. The number of aromatic nitrogens is 2. The number of benzene rings is 1. The molecular formula is C18H26N6O2U. The van der Waals surface area contributed by atoms with Crippen molar-refractivity contribution in [2.24, 2.45) is 0 Å². The number of amides is 1. The second-order valence-electron chi connectivity index (χ2n) is 6.98. The number of nitrogens with zero attached hydrogens (tertiary/aromatic N) is 4. The third-order valence-electron chi connectivity index (χ3n) is 3.58. The van der Waals surface area contributed by atoms with E-state index in [1.54, 1.807) is 11.0 Å². The molecule has 1 aliphatic rings. The van der Waals surface area contributed by atoms with Crippen LogP contribution in [0.25, 0.3) is 10.9 Å². The zero-order valence-electron chi connectivity index (χ0n) is 16.0. The molecule has 9 heteroatoms. The van der Waals surface area contributed by atoms with Crippen LogP contribution in [0.4, 0.5) is 16.6 Å². The zero-order valence-corrected chi connectivity index (χ0v) is 20.2. The summed E-state index contributed by atoms with van der Waals surface area (Å²) in [5, 5.41) is 0.715. The molecule has 27 heavy (non-hydrogen) atoms. The maximum absolute atomic E-state index is 11.6. The molecule has 0 aliphatic carbocycles. The molecule has 144 valence electrons. The first kappa shape index (κ1) is 23.5. The zero-order chi connectivity index (χ0) is 19.3. The molecule has 1 aromatic carbocycles. The van der Waals surface area contributed by atoms with E-state index in [0.29, 0.717) is 24.3 Å². The largest absolute Gasteiger partial charge is 2.00 e. The number of ether oxygens (including phenoxy) is 1. The molecule has 3 rings (SSSR count). The fourth-order valence-corrected chi connectivity index (χ4v) is 2.31. The topological polar surface area (TPSA) is 111 Å². The van der Waals surface area contributed by atoms with Gasteiger partial charge in [0.15, 0.2) is 0 Å². The first-order valence-corrected chi connectivity index (χ1v) is 8.38. The minimum atomic E-state index is -0.404. The van der Waals surface area contributed by atoms with Crippen molar-refractivity contribution in [3.63, 3.8) is 0 Å². The molecule has 1 aliphatic heterocycles.